The summed E-state index contributed by atoms with van der Waals surface area (Å²) in [4.78, 5) is 16.7. The Bertz CT molecular complexity index is 605. The van der Waals surface area contributed by atoms with Crippen LogP contribution in [-0.4, -0.2) is 54.8 Å². The van der Waals surface area contributed by atoms with Crippen LogP contribution in [0.2, 0.25) is 0 Å². The van der Waals surface area contributed by atoms with Gasteiger partial charge in [-0.25, -0.2) is 4.79 Å². The second kappa shape index (κ2) is 7.87. The maximum atomic E-state index is 12.4. The molecule has 0 spiro atoms. The van der Waals surface area contributed by atoms with Gasteiger partial charge in [-0.1, -0.05) is 26.0 Å². The number of hydrogen-bond donors (Lipinski definition) is 0. The Morgan fingerprint density at radius 2 is 1.88 bits per heavy atom. The van der Waals surface area contributed by atoms with Crippen molar-refractivity contribution in [3.05, 3.63) is 29.8 Å². The number of nitrogens with zero attached hydrogens (tertiary/aromatic N) is 2. The number of hydrogen-bond acceptors (Lipinski definition) is 4. The van der Waals surface area contributed by atoms with Crippen molar-refractivity contribution in [3.8, 4) is 5.75 Å². The highest BCUT2D eigenvalue weighted by Gasteiger charge is 2.40. The molecule has 1 saturated heterocycles. The van der Waals surface area contributed by atoms with Gasteiger partial charge in [0.15, 0.2) is 0 Å². The predicted molar refractivity (Wildman–Crippen MR) is 104 cm³/mol. The van der Waals surface area contributed by atoms with E-state index in [2.05, 4.69) is 37.9 Å². The molecule has 5 heteroatoms. The quantitative estimate of drug-likeness (QED) is 0.806. The van der Waals surface area contributed by atoms with E-state index >= 15 is 0 Å². The summed E-state index contributed by atoms with van der Waals surface area (Å²) < 4.78 is 10.8. The highest BCUT2D eigenvalue weighted by molar-refractivity contribution is 5.68. The Morgan fingerprint density at radius 1 is 1.27 bits per heavy atom. The van der Waals surface area contributed by atoms with Gasteiger partial charge in [-0.3, -0.25) is 4.90 Å². The molecule has 0 bridgehead atoms. The zero-order chi connectivity index (χ0) is 19.5. The van der Waals surface area contributed by atoms with E-state index in [0.29, 0.717) is 12.6 Å². The number of likely N-dealkylation sites (tertiary alicyclic amines) is 1. The highest BCUT2D eigenvalue weighted by atomic mass is 16.6. The van der Waals surface area contributed by atoms with Crippen LogP contribution in [0.5, 0.6) is 5.75 Å². The fourth-order valence-electron chi connectivity index (χ4n) is 3.77. The topological polar surface area (TPSA) is 42.0 Å². The van der Waals surface area contributed by atoms with Crippen LogP contribution in [0.25, 0.3) is 0 Å². The third-order valence-electron chi connectivity index (χ3n) is 4.95. The van der Waals surface area contributed by atoms with Crippen molar-refractivity contribution < 1.29 is 14.3 Å². The van der Waals surface area contributed by atoms with Gasteiger partial charge in [0.25, 0.3) is 0 Å². The van der Waals surface area contributed by atoms with Crippen LogP contribution in [0.4, 0.5) is 4.79 Å². The summed E-state index contributed by atoms with van der Waals surface area (Å²) in [5, 5.41) is 0. The number of amides is 1. The zero-order valence-corrected chi connectivity index (χ0v) is 17.3. The summed E-state index contributed by atoms with van der Waals surface area (Å²) in [5.41, 5.74) is 0.804. The molecule has 1 aliphatic heterocycles. The summed E-state index contributed by atoms with van der Waals surface area (Å²) >= 11 is 0. The number of rotatable bonds is 4. The molecule has 146 valence electrons. The first kappa shape index (κ1) is 20.6. The van der Waals surface area contributed by atoms with Crippen LogP contribution in [0, 0.1) is 5.41 Å². The van der Waals surface area contributed by atoms with Crippen molar-refractivity contribution in [2.75, 3.05) is 27.2 Å². The molecule has 0 aromatic heterocycles. The summed E-state index contributed by atoms with van der Waals surface area (Å²) in [6.45, 7) is 12.5. The third kappa shape index (κ3) is 5.37. The van der Waals surface area contributed by atoms with E-state index in [1.165, 1.54) is 5.56 Å². The summed E-state index contributed by atoms with van der Waals surface area (Å²) in [5.74, 6) is 0.877. The van der Waals surface area contributed by atoms with Crippen molar-refractivity contribution in [3.63, 3.8) is 0 Å². The van der Waals surface area contributed by atoms with Gasteiger partial charge in [-0.05, 0) is 57.4 Å². The molecule has 0 N–H and O–H groups in total. The first-order valence-electron chi connectivity index (χ1n) is 9.33. The lowest BCUT2D eigenvalue weighted by atomic mass is 9.78. The number of methoxy groups -OCH3 is 1. The lowest BCUT2D eigenvalue weighted by Gasteiger charge is -2.48. The van der Waals surface area contributed by atoms with Crippen molar-refractivity contribution in [1.82, 2.24) is 9.80 Å². The largest absolute Gasteiger partial charge is 0.497 e. The molecule has 5 nitrogen and oxygen atoms in total. The van der Waals surface area contributed by atoms with Gasteiger partial charge in [0.1, 0.15) is 11.4 Å². The van der Waals surface area contributed by atoms with Crippen molar-refractivity contribution >= 4 is 6.09 Å². The maximum Gasteiger partial charge on any atom is 0.410 e. The number of carbonyl (C=O) groups is 1. The van der Waals surface area contributed by atoms with E-state index in [-0.39, 0.29) is 11.5 Å². The van der Waals surface area contributed by atoms with E-state index in [0.717, 1.165) is 25.3 Å². The number of ether oxygens (including phenoxy) is 2. The Balaban J connectivity index is 1.99. The molecule has 0 radical (unpaired) electrons. The third-order valence-corrected chi connectivity index (χ3v) is 4.95. The van der Waals surface area contributed by atoms with Gasteiger partial charge in [0.2, 0.25) is 0 Å². The molecular weight excluding hydrogens is 328 g/mol. The van der Waals surface area contributed by atoms with Crippen LogP contribution in [0.15, 0.2) is 24.3 Å². The molecule has 1 unspecified atom stereocenters. The SMILES string of the molecule is COc1ccc(CN(C)C2CCN(C(=O)OC(C)(C)C)CC2(C)C)cc1. The lowest BCUT2D eigenvalue weighted by molar-refractivity contribution is -0.0164. The van der Waals surface area contributed by atoms with Gasteiger partial charge in [-0.15, -0.1) is 0 Å². The number of carbonyl (C=O) groups excluding carboxylic acids is 1. The van der Waals surface area contributed by atoms with Gasteiger partial charge in [-0.2, -0.15) is 0 Å². The zero-order valence-electron chi connectivity index (χ0n) is 17.3. The Morgan fingerprint density at radius 3 is 2.38 bits per heavy atom. The molecular formula is C21H34N2O3. The molecule has 1 atom stereocenters. The van der Waals surface area contributed by atoms with Crippen LogP contribution in [0.1, 0.15) is 46.6 Å². The highest BCUT2D eigenvalue weighted by Crippen LogP contribution is 2.34. The fraction of sp³-hybridized carbons (Fsp3) is 0.667. The summed E-state index contributed by atoms with van der Waals surface area (Å²) in [6.07, 6.45) is 0.737. The van der Waals surface area contributed by atoms with Crippen molar-refractivity contribution in [1.29, 1.82) is 0 Å². The minimum atomic E-state index is -0.455. The standard InChI is InChI=1S/C21H34N2O3/c1-20(2,3)26-19(24)23-13-12-18(21(4,5)15-23)22(6)14-16-8-10-17(25-7)11-9-16/h8-11,18H,12-15H2,1-7H3. The fourth-order valence-corrected chi connectivity index (χ4v) is 3.77. The average molecular weight is 363 g/mol. The second-order valence-corrected chi connectivity index (χ2v) is 8.96. The maximum absolute atomic E-state index is 12.4. The Kier molecular flexibility index (Phi) is 6.22. The van der Waals surface area contributed by atoms with E-state index in [4.69, 9.17) is 9.47 Å². The summed E-state index contributed by atoms with van der Waals surface area (Å²) in [7, 11) is 3.85. The second-order valence-electron chi connectivity index (χ2n) is 8.96. The predicted octanol–water partition coefficient (Wildman–Crippen LogP) is 4.16. The Labute approximate surface area is 158 Å². The van der Waals surface area contributed by atoms with Crippen LogP contribution in [0.3, 0.4) is 0 Å². The Hall–Kier alpha value is -1.75. The molecule has 26 heavy (non-hydrogen) atoms. The number of piperidine rings is 1. The van der Waals surface area contributed by atoms with Gasteiger partial charge < -0.3 is 14.4 Å². The molecule has 0 saturated carbocycles. The lowest BCUT2D eigenvalue weighted by Crippen LogP contribution is -2.56. The molecule has 0 aliphatic carbocycles. The number of benzene rings is 1. The van der Waals surface area contributed by atoms with Crippen LogP contribution in [-0.2, 0) is 11.3 Å². The van der Waals surface area contributed by atoms with E-state index in [1.807, 2.05) is 37.8 Å². The molecule has 1 fully saturated rings. The van der Waals surface area contributed by atoms with E-state index < -0.39 is 5.60 Å². The summed E-state index contributed by atoms with van der Waals surface area (Å²) in [6, 6.07) is 8.62. The first-order valence-corrected chi connectivity index (χ1v) is 9.33. The molecule has 1 aromatic rings. The molecule has 1 aromatic carbocycles. The first-order chi connectivity index (χ1) is 12.0. The normalized spacial score (nSPS) is 20.2. The minimum absolute atomic E-state index is 0.00360. The van der Waals surface area contributed by atoms with Gasteiger partial charge in [0, 0.05) is 25.7 Å². The van der Waals surface area contributed by atoms with Crippen LogP contribution < -0.4 is 4.74 Å². The molecule has 1 heterocycles. The minimum Gasteiger partial charge on any atom is -0.497 e. The van der Waals surface area contributed by atoms with Crippen LogP contribution >= 0.6 is 0 Å². The van der Waals surface area contributed by atoms with Gasteiger partial charge >= 0.3 is 6.09 Å². The molecule has 1 amide bonds. The molecule has 1 aliphatic rings. The smallest absolute Gasteiger partial charge is 0.410 e. The average Bonchev–Trinajstić information content (AvgIpc) is 2.52. The van der Waals surface area contributed by atoms with Crippen molar-refractivity contribution in [2.45, 2.75) is 59.2 Å². The van der Waals surface area contributed by atoms with Crippen molar-refractivity contribution in [2.24, 2.45) is 5.41 Å². The van der Waals surface area contributed by atoms with E-state index in [9.17, 15) is 4.79 Å². The molecule has 2 rings (SSSR count). The van der Waals surface area contributed by atoms with Gasteiger partial charge in [0.05, 0.1) is 7.11 Å². The monoisotopic (exact) mass is 362 g/mol. The van der Waals surface area contributed by atoms with E-state index in [1.54, 1.807) is 7.11 Å².